The molecule has 1 aliphatic heterocycles. The van der Waals surface area contributed by atoms with Crippen LogP contribution in [0.1, 0.15) is 13.8 Å². The number of hydrogen-bond donors (Lipinski definition) is 0. The van der Waals surface area contributed by atoms with Crippen molar-refractivity contribution in [2.45, 2.75) is 13.8 Å². The fourth-order valence-electron chi connectivity index (χ4n) is 0.771. The molecular weight excluding hydrogens is 237 g/mol. The first kappa shape index (κ1) is 7.85. The standard InChI is InChI=1S/C8H10IN/c1-3-7-5-6-9-10-8(7)4-2/h3-6H,1-2H3/b7-3-,8-4+. The minimum Gasteiger partial charge on any atom is -0.222 e. The van der Waals surface area contributed by atoms with E-state index >= 15 is 0 Å². The Bertz CT molecular complexity index is 208. The first-order valence-electron chi connectivity index (χ1n) is 3.21. The van der Waals surface area contributed by atoms with Crippen molar-refractivity contribution >= 4 is 21.0 Å². The van der Waals surface area contributed by atoms with E-state index in [1.54, 1.807) is 0 Å². The van der Waals surface area contributed by atoms with E-state index in [-0.39, 0.29) is 21.0 Å². The Morgan fingerprint density at radius 3 is 2.70 bits per heavy atom. The van der Waals surface area contributed by atoms with Gasteiger partial charge >= 0.3 is 0 Å². The monoisotopic (exact) mass is 247 g/mol. The van der Waals surface area contributed by atoms with Gasteiger partial charge in [-0.3, -0.25) is 0 Å². The molecule has 1 rings (SSSR count). The van der Waals surface area contributed by atoms with Crippen molar-refractivity contribution in [3.8, 4) is 0 Å². The van der Waals surface area contributed by atoms with Crippen molar-refractivity contribution < 1.29 is 0 Å². The SMILES string of the molecule is C/C=C1/C=CI=N/C1=C/C. The summed E-state index contributed by atoms with van der Waals surface area (Å²) in [6, 6.07) is 0. The average molecular weight is 247 g/mol. The molecule has 0 aromatic carbocycles. The Morgan fingerprint density at radius 2 is 2.20 bits per heavy atom. The van der Waals surface area contributed by atoms with E-state index in [0.29, 0.717) is 0 Å². The largest absolute Gasteiger partial charge is 0.222 e. The van der Waals surface area contributed by atoms with Crippen LogP contribution in [0.5, 0.6) is 0 Å². The zero-order chi connectivity index (χ0) is 7.40. The second-order valence-corrected chi connectivity index (χ2v) is 3.65. The molecule has 0 fully saturated rings. The number of rotatable bonds is 0. The molecule has 0 radical (unpaired) electrons. The number of allylic oxidation sites excluding steroid dienone is 3. The van der Waals surface area contributed by atoms with Crippen LogP contribution in [0.25, 0.3) is 0 Å². The summed E-state index contributed by atoms with van der Waals surface area (Å²) in [5.74, 6) is 0. The van der Waals surface area contributed by atoms with E-state index in [1.807, 2.05) is 13.8 Å². The summed E-state index contributed by atoms with van der Waals surface area (Å²) in [5, 5.41) is 0. The van der Waals surface area contributed by atoms with Gasteiger partial charge in [-0.1, -0.05) is 12.2 Å². The summed E-state index contributed by atoms with van der Waals surface area (Å²) in [4.78, 5) is 0. The highest BCUT2D eigenvalue weighted by atomic mass is 127. The molecule has 0 atom stereocenters. The highest BCUT2D eigenvalue weighted by Crippen LogP contribution is 2.24. The zero-order valence-electron chi connectivity index (χ0n) is 6.13. The fraction of sp³-hybridized carbons (Fsp3) is 0.250. The van der Waals surface area contributed by atoms with E-state index in [9.17, 15) is 0 Å². The van der Waals surface area contributed by atoms with Gasteiger partial charge in [-0.15, -0.1) is 0 Å². The highest BCUT2D eigenvalue weighted by Gasteiger charge is 1.99. The van der Waals surface area contributed by atoms with Gasteiger partial charge in [-0.25, -0.2) is 3.15 Å². The first-order chi connectivity index (χ1) is 4.88. The summed E-state index contributed by atoms with van der Waals surface area (Å²) in [6.45, 7) is 4.08. The Balaban J connectivity index is 2.96. The second kappa shape index (κ2) is 3.81. The third-order valence-electron chi connectivity index (χ3n) is 1.32. The van der Waals surface area contributed by atoms with Crippen molar-refractivity contribution in [1.82, 2.24) is 0 Å². The second-order valence-electron chi connectivity index (χ2n) is 1.89. The Labute approximate surface area is 71.7 Å². The molecule has 2 heteroatoms. The van der Waals surface area contributed by atoms with Gasteiger partial charge in [0, 0.05) is 21.0 Å². The van der Waals surface area contributed by atoms with Crippen LogP contribution in [-0.4, -0.2) is 0 Å². The van der Waals surface area contributed by atoms with E-state index in [1.165, 1.54) is 5.57 Å². The maximum absolute atomic E-state index is 4.42. The van der Waals surface area contributed by atoms with Crippen LogP contribution >= 0.6 is 21.0 Å². The van der Waals surface area contributed by atoms with Crippen LogP contribution < -0.4 is 0 Å². The summed E-state index contributed by atoms with van der Waals surface area (Å²) in [5.41, 5.74) is 2.42. The lowest BCUT2D eigenvalue weighted by Gasteiger charge is -2.02. The molecular formula is C8H10IN. The molecule has 0 saturated carbocycles. The Kier molecular flexibility index (Phi) is 2.99. The zero-order valence-corrected chi connectivity index (χ0v) is 8.29. The van der Waals surface area contributed by atoms with Crippen LogP contribution in [0.3, 0.4) is 0 Å². The minimum atomic E-state index is -0.0298. The van der Waals surface area contributed by atoms with Crippen LogP contribution in [0.2, 0.25) is 0 Å². The van der Waals surface area contributed by atoms with Crippen LogP contribution in [0.4, 0.5) is 0 Å². The highest BCUT2D eigenvalue weighted by molar-refractivity contribution is 14.2. The maximum Gasteiger partial charge on any atom is 0.0717 e. The fourth-order valence-corrected chi connectivity index (χ4v) is 2.34. The van der Waals surface area contributed by atoms with Crippen molar-refractivity contribution in [2.75, 3.05) is 0 Å². The molecule has 0 unspecified atom stereocenters. The van der Waals surface area contributed by atoms with Crippen LogP contribution in [0, 0.1) is 0 Å². The van der Waals surface area contributed by atoms with Gasteiger partial charge in [-0.2, -0.15) is 0 Å². The summed E-state index contributed by atoms with van der Waals surface area (Å²) < 4.78 is 6.60. The van der Waals surface area contributed by atoms with Crippen LogP contribution in [0.15, 0.2) is 36.7 Å². The topological polar surface area (TPSA) is 12.4 Å². The van der Waals surface area contributed by atoms with Gasteiger partial charge in [0.25, 0.3) is 0 Å². The minimum absolute atomic E-state index is 0.0298. The van der Waals surface area contributed by atoms with E-state index in [2.05, 4.69) is 25.5 Å². The lowest BCUT2D eigenvalue weighted by atomic mass is 10.2. The molecule has 10 heavy (non-hydrogen) atoms. The molecule has 1 aliphatic rings. The van der Waals surface area contributed by atoms with Crippen molar-refractivity contribution in [1.29, 1.82) is 0 Å². The smallest absolute Gasteiger partial charge is 0.0717 e. The maximum atomic E-state index is 4.42. The van der Waals surface area contributed by atoms with E-state index in [0.717, 1.165) is 5.70 Å². The summed E-state index contributed by atoms with van der Waals surface area (Å²) in [7, 11) is 0. The predicted molar refractivity (Wildman–Crippen MR) is 53.1 cm³/mol. The van der Waals surface area contributed by atoms with E-state index in [4.69, 9.17) is 0 Å². The van der Waals surface area contributed by atoms with Gasteiger partial charge in [-0.05, 0) is 29.6 Å². The molecule has 1 heterocycles. The number of nitrogens with zero attached hydrogens (tertiary/aromatic N) is 1. The molecule has 0 aromatic rings. The van der Waals surface area contributed by atoms with E-state index < -0.39 is 0 Å². The van der Waals surface area contributed by atoms with Crippen molar-refractivity contribution in [2.24, 2.45) is 3.15 Å². The van der Waals surface area contributed by atoms with Crippen molar-refractivity contribution in [3.05, 3.63) is 33.6 Å². The lowest BCUT2D eigenvalue weighted by Crippen LogP contribution is -1.81. The Morgan fingerprint density at radius 1 is 1.40 bits per heavy atom. The van der Waals surface area contributed by atoms with Gasteiger partial charge in [0.15, 0.2) is 0 Å². The lowest BCUT2D eigenvalue weighted by molar-refractivity contribution is 1.35. The predicted octanol–water partition coefficient (Wildman–Crippen LogP) is 3.52. The molecule has 0 aromatic heterocycles. The first-order valence-corrected chi connectivity index (χ1v) is 5.43. The summed E-state index contributed by atoms with van der Waals surface area (Å²) in [6.07, 6.45) is 6.33. The third-order valence-corrected chi connectivity index (χ3v) is 2.80. The van der Waals surface area contributed by atoms with Gasteiger partial charge in [0.1, 0.15) is 0 Å². The number of hydrogen-bond acceptors (Lipinski definition) is 1. The van der Waals surface area contributed by atoms with Crippen molar-refractivity contribution in [3.63, 3.8) is 0 Å². The molecule has 1 nitrogen and oxygen atoms in total. The van der Waals surface area contributed by atoms with Gasteiger partial charge in [0.05, 0.1) is 5.70 Å². The van der Waals surface area contributed by atoms with Gasteiger partial charge in [0.2, 0.25) is 0 Å². The molecule has 0 spiro atoms. The molecule has 0 saturated heterocycles. The van der Waals surface area contributed by atoms with Gasteiger partial charge < -0.3 is 0 Å². The average Bonchev–Trinajstić information content (AvgIpc) is 2.04. The molecule has 0 amide bonds. The normalized spacial score (nSPS) is 25.4. The molecule has 0 bridgehead atoms. The Hall–Kier alpha value is -0.250. The molecule has 54 valence electrons. The quantitative estimate of drug-likeness (QED) is 0.581. The number of halogens is 1. The molecule has 0 N–H and O–H groups in total. The van der Waals surface area contributed by atoms with Crippen LogP contribution in [-0.2, 0) is 0 Å². The third kappa shape index (κ3) is 1.62. The molecule has 0 aliphatic carbocycles. The summed E-state index contributed by atoms with van der Waals surface area (Å²) >= 11 is -0.0298.